The average molecular weight is 886 g/mol. The number of nitrogens with zero attached hydrogens (tertiary/aromatic N) is 5. The first kappa shape index (κ1) is 34.2. The minimum Gasteiger partial charge on any atom is -0.488 e. The molecule has 55 heavy (non-hydrogen) atoms. The third kappa shape index (κ3) is 6.13. The Labute approximate surface area is 334 Å². The van der Waals surface area contributed by atoms with E-state index in [4.69, 9.17) is 9.97 Å². The molecule has 266 valence electrons. The van der Waals surface area contributed by atoms with E-state index in [0.29, 0.717) is 0 Å². The molecule has 0 unspecified atom stereocenters. The van der Waals surface area contributed by atoms with Crippen molar-refractivity contribution in [2.75, 3.05) is 9.80 Å². The van der Waals surface area contributed by atoms with Gasteiger partial charge in [-0.2, -0.15) is 0 Å². The zero-order valence-corrected chi connectivity index (χ0v) is 31.8. The van der Waals surface area contributed by atoms with Crippen molar-refractivity contribution in [2.45, 2.75) is 0 Å². The zero-order chi connectivity index (χ0) is 35.8. The van der Waals surface area contributed by atoms with Crippen LogP contribution in [0.4, 0.5) is 22.7 Å². The van der Waals surface area contributed by atoms with Crippen LogP contribution in [0, 0.1) is 18.8 Å². The summed E-state index contributed by atoms with van der Waals surface area (Å²) < 4.78 is 2.16. The van der Waals surface area contributed by atoms with Crippen LogP contribution in [-0.2, 0) is 21.1 Å². The summed E-state index contributed by atoms with van der Waals surface area (Å²) in [5.41, 5.74) is 13.0. The molecular formula is C49H32N5Pt-3. The van der Waals surface area contributed by atoms with Crippen molar-refractivity contribution in [2.24, 2.45) is 0 Å². The van der Waals surface area contributed by atoms with Crippen LogP contribution in [0.25, 0.3) is 38.9 Å². The maximum atomic E-state index is 5.19. The number of hydrogen-bond acceptors (Lipinski definition) is 4. The summed E-state index contributed by atoms with van der Waals surface area (Å²) in [6.45, 7) is 2.15. The molecule has 4 heterocycles. The van der Waals surface area contributed by atoms with Gasteiger partial charge in [0.1, 0.15) is 5.82 Å². The summed E-state index contributed by atoms with van der Waals surface area (Å²) in [7, 11) is 0. The van der Waals surface area contributed by atoms with E-state index >= 15 is 0 Å². The number of aromatic nitrogens is 3. The van der Waals surface area contributed by atoms with Gasteiger partial charge >= 0.3 is 0 Å². The third-order valence-electron chi connectivity index (χ3n) is 9.92. The smallest absolute Gasteiger partial charge is 0.136 e. The molecule has 0 N–H and O–H groups in total. The summed E-state index contributed by atoms with van der Waals surface area (Å²) in [4.78, 5) is 14.4. The van der Waals surface area contributed by atoms with Gasteiger partial charge in [0.05, 0.1) is 0 Å². The van der Waals surface area contributed by atoms with E-state index in [-0.39, 0.29) is 21.1 Å². The van der Waals surface area contributed by atoms with Gasteiger partial charge in [-0.3, -0.25) is 0 Å². The largest absolute Gasteiger partial charge is 0.488 e. The van der Waals surface area contributed by atoms with Gasteiger partial charge in [0, 0.05) is 55.4 Å². The quantitative estimate of drug-likeness (QED) is 0.118. The molecule has 0 saturated carbocycles. The zero-order valence-electron chi connectivity index (χ0n) is 29.5. The fourth-order valence-electron chi connectivity index (χ4n) is 7.53. The van der Waals surface area contributed by atoms with Gasteiger partial charge in [-0.25, -0.2) is 4.98 Å². The fourth-order valence-corrected chi connectivity index (χ4v) is 7.53. The Hall–Kier alpha value is -6.55. The number of para-hydroxylation sites is 4. The second-order valence-corrected chi connectivity index (χ2v) is 13.1. The van der Waals surface area contributed by atoms with Crippen molar-refractivity contribution in [1.82, 2.24) is 14.5 Å². The first-order valence-electron chi connectivity index (χ1n) is 18.0. The van der Waals surface area contributed by atoms with Gasteiger partial charge in [0.2, 0.25) is 0 Å². The van der Waals surface area contributed by atoms with E-state index in [1.807, 2.05) is 36.7 Å². The van der Waals surface area contributed by atoms with Crippen molar-refractivity contribution in [3.8, 4) is 5.82 Å². The summed E-state index contributed by atoms with van der Waals surface area (Å²) in [5.74, 6) is 0.815. The van der Waals surface area contributed by atoms with Crippen LogP contribution in [0.15, 0.2) is 188 Å². The Balaban J connectivity index is 0.00000397. The Kier molecular flexibility index (Phi) is 9.15. The first-order valence-corrected chi connectivity index (χ1v) is 18.0. The topological polar surface area (TPSA) is 37.2 Å². The van der Waals surface area contributed by atoms with Gasteiger partial charge in [0.15, 0.2) is 0 Å². The van der Waals surface area contributed by atoms with Crippen LogP contribution in [-0.4, -0.2) is 14.5 Å². The normalized spacial score (nSPS) is 12.1. The number of anilines is 4. The predicted octanol–water partition coefficient (Wildman–Crippen LogP) is 11.6. The van der Waals surface area contributed by atoms with E-state index < -0.39 is 0 Å². The first-order chi connectivity index (χ1) is 26.8. The van der Waals surface area contributed by atoms with E-state index in [1.165, 1.54) is 0 Å². The minimum atomic E-state index is 0. The molecule has 0 fully saturated rings. The maximum absolute atomic E-state index is 5.19. The summed E-state index contributed by atoms with van der Waals surface area (Å²) in [6.07, 6.45) is 3.79. The van der Waals surface area contributed by atoms with Crippen molar-refractivity contribution in [3.63, 3.8) is 0 Å². The van der Waals surface area contributed by atoms with E-state index in [2.05, 4.69) is 185 Å². The summed E-state index contributed by atoms with van der Waals surface area (Å²) in [6, 6.07) is 68.6. The summed E-state index contributed by atoms with van der Waals surface area (Å²) in [5, 5.41) is 1.05. The van der Waals surface area contributed by atoms with Crippen LogP contribution < -0.4 is 9.80 Å². The third-order valence-corrected chi connectivity index (χ3v) is 9.92. The van der Waals surface area contributed by atoms with E-state index in [1.54, 1.807) is 0 Å². The van der Waals surface area contributed by atoms with E-state index in [9.17, 15) is 0 Å². The number of pyridine rings is 2. The molecule has 0 atom stereocenters. The molecule has 0 amide bonds. The van der Waals surface area contributed by atoms with Gasteiger partial charge in [-0.05, 0) is 70.1 Å². The molecule has 6 aromatic carbocycles. The standard InChI is InChI=1S/C49H32N5.Pt/c1-4-17-35(18-5-1)47(36-19-6-2-7-20-36)48(38-32-45-49(51-33-38)41-25-10-11-26-42(41)54(45)46-29-14-15-30-50-46)37-21-16-24-40(31-37)53-34-52(39-22-8-3-9-23-39)43-27-12-13-28-44(43)53;/h1-30,33-34H;/q-3;. The van der Waals surface area contributed by atoms with Gasteiger partial charge in [-0.15, -0.1) is 53.7 Å². The second kappa shape index (κ2) is 14.7. The monoisotopic (exact) mass is 885 g/mol. The molecule has 6 heteroatoms. The molecule has 0 saturated heterocycles. The molecule has 0 radical (unpaired) electrons. The fraction of sp³-hybridized carbons (Fsp3) is 0. The molecule has 10 rings (SSSR count). The summed E-state index contributed by atoms with van der Waals surface area (Å²) >= 11 is 0. The van der Waals surface area contributed by atoms with Crippen molar-refractivity contribution in [3.05, 3.63) is 229 Å². The van der Waals surface area contributed by atoms with Gasteiger partial charge in [0.25, 0.3) is 0 Å². The molecule has 0 aliphatic carbocycles. The minimum absolute atomic E-state index is 0. The van der Waals surface area contributed by atoms with Crippen LogP contribution >= 0.6 is 0 Å². The molecule has 5 nitrogen and oxygen atoms in total. The predicted molar refractivity (Wildman–Crippen MR) is 220 cm³/mol. The SMILES string of the molecule is [Pt].[c-]1c(C(=C(c2ccccc2)c2ccccc2)c2[c-]c3c(nc2)c2ccccc2n3-c2ccccn2)cccc1N1[CH-]N(c2ccccc2)c2ccccc21. The van der Waals surface area contributed by atoms with E-state index in [0.717, 1.165) is 83.9 Å². The number of rotatable bonds is 7. The Morgan fingerprint density at radius 1 is 0.509 bits per heavy atom. The van der Waals surface area contributed by atoms with Crippen LogP contribution in [0.2, 0.25) is 0 Å². The molecule has 0 spiro atoms. The van der Waals surface area contributed by atoms with Crippen molar-refractivity contribution in [1.29, 1.82) is 0 Å². The Bertz CT molecular complexity index is 2760. The van der Waals surface area contributed by atoms with Crippen LogP contribution in [0.5, 0.6) is 0 Å². The molecule has 1 aliphatic heterocycles. The number of benzene rings is 6. The average Bonchev–Trinajstić information content (AvgIpc) is 3.80. The molecule has 0 bridgehead atoms. The maximum Gasteiger partial charge on any atom is 0.136 e. The number of hydrogen-bond donors (Lipinski definition) is 0. The van der Waals surface area contributed by atoms with Gasteiger partial charge in [-0.1, -0.05) is 127 Å². The molecule has 3 aromatic heterocycles. The van der Waals surface area contributed by atoms with Gasteiger partial charge < -0.3 is 19.4 Å². The Morgan fingerprint density at radius 2 is 1.15 bits per heavy atom. The number of fused-ring (bicyclic) bond motifs is 4. The van der Waals surface area contributed by atoms with Crippen LogP contribution in [0.3, 0.4) is 0 Å². The molecule has 1 aliphatic rings. The second-order valence-electron chi connectivity index (χ2n) is 13.1. The Morgan fingerprint density at radius 3 is 1.85 bits per heavy atom. The molecular weight excluding hydrogens is 854 g/mol. The van der Waals surface area contributed by atoms with Crippen molar-refractivity contribution >= 4 is 55.8 Å². The van der Waals surface area contributed by atoms with Crippen molar-refractivity contribution < 1.29 is 21.1 Å². The molecule has 9 aromatic rings. The van der Waals surface area contributed by atoms with Crippen LogP contribution in [0.1, 0.15) is 22.3 Å².